The van der Waals surface area contributed by atoms with E-state index in [4.69, 9.17) is 4.74 Å². The highest BCUT2D eigenvalue weighted by Crippen LogP contribution is 2.33. The summed E-state index contributed by atoms with van der Waals surface area (Å²) in [6.45, 7) is 6.65. The molecular weight excluding hydrogens is 188 g/mol. The van der Waals surface area contributed by atoms with E-state index >= 15 is 0 Å². The van der Waals surface area contributed by atoms with Crippen molar-refractivity contribution in [3.8, 4) is 0 Å². The molecule has 0 amide bonds. The van der Waals surface area contributed by atoms with E-state index in [1.807, 2.05) is 7.11 Å². The number of ether oxygens (including phenoxy) is 1. The van der Waals surface area contributed by atoms with Gasteiger partial charge in [-0.05, 0) is 38.3 Å². The zero-order valence-corrected chi connectivity index (χ0v) is 10.0. The molecule has 2 aliphatic rings. The van der Waals surface area contributed by atoms with Gasteiger partial charge >= 0.3 is 0 Å². The third-order valence-corrected chi connectivity index (χ3v) is 3.96. The van der Waals surface area contributed by atoms with Gasteiger partial charge in [-0.25, -0.2) is 0 Å². The second-order valence-electron chi connectivity index (χ2n) is 5.38. The van der Waals surface area contributed by atoms with Crippen LogP contribution in [0.4, 0.5) is 0 Å². The van der Waals surface area contributed by atoms with Crippen LogP contribution in [0.5, 0.6) is 0 Å². The van der Waals surface area contributed by atoms with E-state index in [0.29, 0.717) is 5.41 Å². The van der Waals surface area contributed by atoms with Crippen LogP contribution >= 0.6 is 0 Å². The molecule has 0 bridgehead atoms. The van der Waals surface area contributed by atoms with Gasteiger partial charge in [-0.1, -0.05) is 6.92 Å². The van der Waals surface area contributed by atoms with E-state index in [9.17, 15) is 0 Å². The normalized spacial score (nSPS) is 34.0. The Morgan fingerprint density at radius 2 is 2.07 bits per heavy atom. The lowest BCUT2D eigenvalue weighted by Crippen LogP contribution is -2.46. The monoisotopic (exact) mass is 212 g/mol. The van der Waals surface area contributed by atoms with E-state index in [1.165, 1.54) is 19.3 Å². The van der Waals surface area contributed by atoms with Gasteiger partial charge in [-0.15, -0.1) is 0 Å². The number of nitrogens with one attached hydrogen (secondary N) is 2. The van der Waals surface area contributed by atoms with Crippen LogP contribution in [0, 0.1) is 11.3 Å². The summed E-state index contributed by atoms with van der Waals surface area (Å²) in [5.41, 5.74) is 0.391. The Bertz CT molecular complexity index is 196. The Hall–Kier alpha value is -0.120. The summed E-state index contributed by atoms with van der Waals surface area (Å²) in [6.07, 6.45) is 3.85. The molecule has 3 heteroatoms. The molecule has 88 valence electrons. The fourth-order valence-electron chi connectivity index (χ4n) is 2.59. The van der Waals surface area contributed by atoms with Crippen LogP contribution in [0.3, 0.4) is 0 Å². The Morgan fingerprint density at radius 1 is 1.40 bits per heavy atom. The molecule has 0 aromatic heterocycles. The number of piperidine rings is 1. The van der Waals surface area contributed by atoms with Gasteiger partial charge in [0.05, 0.1) is 6.61 Å². The lowest BCUT2D eigenvalue weighted by molar-refractivity contribution is 0.0532. The lowest BCUT2D eigenvalue weighted by atomic mass is 9.79. The summed E-state index contributed by atoms with van der Waals surface area (Å²) in [5, 5.41) is 7.12. The molecule has 3 nitrogen and oxygen atoms in total. The topological polar surface area (TPSA) is 33.3 Å². The molecule has 0 aromatic rings. The van der Waals surface area contributed by atoms with E-state index in [0.717, 1.165) is 38.2 Å². The minimum Gasteiger partial charge on any atom is -0.384 e. The van der Waals surface area contributed by atoms with Crippen molar-refractivity contribution in [2.45, 2.75) is 32.2 Å². The number of rotatable bonds is 5. The molecule has 0 radical (unpaired) electrons. The maximum Gasteiger partial charge on any atom is 0.0531 e. The Morgan fingerprint density at radius 3 is 2.60 bits per heavy atom. The first-order valence-corrected chi connectivity index (χ1v) is 6.19. The molecule has 1 saturated heterocycles. The molecule has 2 fully saturated rings. The molecule has 0 aromatic carbocycles. The molecule has 15 heavy (non-hydrogen) atoms. The largest absolute Gasteiger partial charge is 0.384 e. The molecule has 1 heterocycles. The van der Waals surface area contributed by atoms with Gasteiger partial charge in [-0.2, -0.15) is 0 Å². The zero-order chi connectivity index (χ0) is 10.7. The fourth-order valence-corrected chi connectivity index (χ4v) is 2.59. The van der Waals surface area contributed by atoms with E-state index in [1.54, 1.807) is 0 Å². The number of hydrogen-bond donors (Lipinski definition) is 2. The first-order valence-electron chi connectivity index (χ1n) is 6.19. The van der Waals surface area contributed by atoms with Gasteiger partial charge in [0.15, 0.2) is 0 Å². The van der Waals surface area contributed by atoms with Crippen LogP contribution in [0.15, 0.2) is 0 Å². The first kappa shape index (κ1) is 11.4. The van der Waals surface area contributed by atoms with Crippen LogP contribution in [0.2, 0.25) is 0 Å². The third kappa shape index (κ3) is 2.92. The van der Waals surface area contributed by atoms with Crippen molar-refractivity contribution in [3.63, 3.8) is 0 Å². The predicted molar refractivity (Wildman–Crippen MR) is 62.0 cm³/mol. The molecule has 0 spiro atoms. The van der Waals surface area contributed by atoms with Crippen molar-refractivity contribution in [1.82, 2.24) is 10.6 Å². The quantitative estimate of drug-likeness (QED) is 0.713. The summed E-state index contributed by atoms with van der Waals surface area (Å²) >= 11 is 0. The van der Waals surface area contributed by atoms with Gasteiger partial charge < -0.3 is 15.4 Å². The Kier molecular flexibility index (Phi) is 3.65. The predicted octanol–water partition coefficient (Wildman–Crippen LogP) is 1.00. The number of hydrogen-bond acceptors (Lipinski definition) is 3. The Balaban J connectivity index is 1.81. The van der Waals surface area contributed by atoms with Crippen molar-refractivity contribution in [3.05, 3.63) is 0 Å². The van der Waals surface area contributed by atoms with Crippen molar-refractivity contribution < 1.29 is 4.74 Å². The fraction of sp³-hybridized carbons (Fsp3) is 1.00. The van der Waals surface area contributed by atoms with Crippen molar-refractivity contribution in [2.24, 2.45) is 11.3 Å². The maximum atomic E-state index is 5.40. The summed E-state index contributed by atoms with van der Waals surface area (Å²) in [6, 6.07) is 0.786. The number of methoxy groups -OCH3 is 1. The molecule has 2 N–H and O–H groups in total. The summed E-state index contributed by atoms with van der Waals surface area (Å²) < 4.78 is 5.40. The van der Waals surface area contributed by atoms with Gasteiger partial charge in [0.25, 0.3) is 0 Å². The Labute approximate surface area is 93.0 Å². The van der Waals surface area contributed by atoms with Gasteiger partial charge in [0.1, 0.15) is 0 Å². The second-order valence-corrected chi connectivity index (χ2v) is 5.38. The van der Waals surface area contributed by atoms with E-state index < -0.39 is 0 Å². The van der Waals surface area contributed by atoms with Crippen LogP contribution in [-0.2, 0) is 4.74 Å². The molecule has 2 rings (SSSR count). The van der Waals surface area contributed by atoms with Gasteiger partial charge in [0, 0.05) is 25.1 Å². The second kappa shape index (κ2) is 4.81. The standard InChI is InChI=1S/C12H24N2O/c1-10-7-11(10)14-8-12(9-15-2)3-5-13-6-4-12/h10-11,13-14H,3-9H2,1-2H3. The first-order chi connectivity index (χ1) is 7.26. The van der Waals surface area contributed by atoms with Crippen LogP contribution in [0.1, 0.15) is 26.2 Å². The van der Waals surface area contributed by atoms with Crippen molar-refractivity contribution in [2.75, 3.05) is 33.4 Å². The minimum absolute atomic E-state index is 0.391. The van der Waals surface area contributed by atoms with E-state index in [-0.39, 0.29) is 0 Å². The molecule has 1 aliphatic heterocycles. The van der Waals surface area contributed by atoms with Crippen molar-refractivity contribution in [1.29, 1.82) is 0 Å². The highest BCUT2D eigenvalue weighted by Gasteiger charge is 2.37. The van der Waals surface area contributed by atoms with Crippen LogP contribution in [-0.4, -0.2) is 39.4 Å². The average molecular weight is 212 g/mol. The van der Waals surface area contributed by atoms with Crippen LogP contribution < -0.4 is 10.6 Å². The minimum atomic E-state index is 0.391. The molecule has 2 unspecified atom stereocenters. The molecule has 1 saturated carbocycles. The SMILES string of the molecule is COCC1(CNC2CC2C)CCNCC1. The molecular formula is C12H24N2O. The van der Waals surface area contributed by atoms with Gasteiger partial charge in [-0.3, -0.25) is 0 Å². The van der Waals surface area contributed by atoms with Crippen LogP contribution in [0.25, 0.3) is 0 Å². The average Bonchev–Trinajstić information content (AvgIpc) is 2.94. The highest BCUT2D eigenvalue weighted by molar-refractivity contribution is 4.94. The smallest absolute Gasteiger partial charge is 0.0531 e. The highest BCUT2D eigenvalue weighted by atomic mass is 16.5. The van der Waals surface area contributed by atoms with Crippen molar-refractivity contribution >= 4 is 0 Å². The lowest BCUT2D eigenvalue weighted by Gasteiger charge is -2.37. The summed E-state index contributed by atoms with van der Waals surface area (Å²) in [5.74, 6) is 0.895. The molecule has 2 atom stereocenters. The maximum absolute atomic E-state index is 5.40. The zero-order valence-electron chi connectivity index (χ0n) is 10.0. The molecule has 1 aliphatic carbocycles. The summed E-state index contributed by atoms with van der Waals surface area (Å²) in [7, 11) is 1.82. The summed E-state index contributed by atoms with van der Waals surface area (Å²) in [4.78, 5) is 0. The third-order valence-electron chi connectivity index (χ3n) is 3.96. The van der Waals surface area contributed by atoms with Gasteiger partial charge in [0.2, 0.25) is 0 Å². The van der Waals surface area contributed by atoms with E-state index in [2.05, 4.69) is 17.6 Å².